The molecule has 9 heteroatoms. The number of ether oxygens (including phenoxy) is 2. The van der Waals surface area contributed by atoms with E-state index in [1.54, 1.807) is 36.5 Å². The molecule has 0 aromatic heterocycles. The number of hydrogen-bond donors (Lipinski definition) is 3. The fourth-order valence-corrected chi connectivity index (χ4v) is 4.30. The molecule has 34 heavy (non-hydrogen) atoms. The number of aliphatic hydroxyl groups is 1. The Morgan fingerprint density at radius 1 is 1.15 bits per heavy atom. The molecule has 1 fully saturated rings. The number of carboxylic acid groups (broad SMARTS) is 1. The Labute approximate surface area is 197 Å². The highest BCUT2D eigenvalue weighted by Crippen LogP contribution is 2.38. The molecule has 2 aromatic carbocycles. The topological polar surface area (TPSA) is 135 Å². The summed E-state index contributed by atoms with van der Waals surface area (Å²) in [6.45, 7) is 2.63. The summed E-state index contributed by atoms with van der Waals surface area (Å²) in [4.78, 5) is 24.4. The van der Waals surface area contributed by atoms with E-state index in [1.807, 2.05) is 17.1 Å². The molecule has 0 saturated carbocycles. The van der Waals surface area contributed by atoms with Crippen molar-refractivity contribution in [3.8, 4) is 5.75 Å². The molecule has 9 nitrogen and oxygen atoms in total. The summed E-state index contributed by atoms with van der Waals surface area (Å²) in [6.07, 6.45) is 2.04. The first-order chi connectivity index (χ1) is 16.4. The van der Waals surface area contributed by atoms with E-state index in [0.29, 0.717) is 36.5 Å². The molecule has 2 aliphatic heterocycles. The van der Waals surface area contributed by atoms with Crippen LogP contribution in [0.5, 0.6) is 5.75 Å². The number of carbonyl (C=O) groups excluding carboxylic acids is 1. The van der Waals surface area contributed by atoms with Gasteiger partial charge < -0.3 is 19.7 Å². The minimum atomic E-state index is -1.27. The first kappa shape index (κ1) is 23.9. The first-order valence-electron chi connectivity index (χ1n) is 11.3. The average Bonchev–Trinajstić information content (AvgIpc) is 2.83. The van der Waals surface area contributed by atoms with Gasteiger partial charge >= 0.3 is 5.97 Å². The molecule has 2 aromatic rings. The molecule has 180 valence electrons. The zero-order valence-electron chi connectivity index (χ0n) is 18.9. The number of morpholine rings is 1. The van der Waals surface area contributed by atoms with Crippen molar-refractivity contribution in [3.05, 3.63) is 64.7 Å². The summed E-state index contributed by atoms with van der Waals surface area (Å²) in [7, 11) is 0. The van der Waals surface area contributed by atoms with E-state index in [4.69, 9.17) is 15.2 Å². The second kappa shape index (κ2) is 10.3. The van der Waals surface area contributed by atoms with Gasteiger partial charge in [-0.15, -0.1) is 0 Å². The zero-order chi connectivity index (χ0) is 24.1. The lowest BCUT2D eigenvalue weighted by molar-refractivity contribution is -0.141. The van der Waals surface area contributed by atoms with Gasteiger partial charge in [-0.1, -0.05) is 24.3 Å². The number of benzene rings is 2. The predicted octanol–water partition coefficient (Wildman–Crippen LogP) is 1.65. The van der Waals surface area contributed by atoms with Crippen molar-refractivity contribution < 1.29 is 29.3 Å². The van der Waals surface area contributed by atoms with Gasteiger partial charge in [0, 0.05) is 30.1 Å². The molecule has 4 N–H and O–H groups in total. The highest BCUT2D eigenvalue weighted by molar-refractivity contribution is 6.09. The van der Waals surface area contributed by atoms with Gasteiger partial charge in [-0.25, -0.2) is 0 Å². The third kappa shape index (κ3) is 5.44. The molecule has 0 aliphatic carbocycles. The van der Waals surface area contributed by atoms with Gasteiger partial charge in [0.05, 0.1) is 38.9 Å². The summed E-state index contributed by atoms with van der Waals surface area (Å²) in [5.74, 6) is -1.16. The average molecular weight is 468 g/mol. The number of hydrogen-bond acceptors (Lipinski definition) is 8. The van der Waals surface area contributed by atoms with Crippen LogP contribution in [0.2, 0.25) is 0 Å². The quantitative estimate of drug-likeness (QED) is 0.394. The van der Waals surface area contributed by atoms with Crippen LogP contribution < -0.4 is 10.5 Å². The first-order valence-corrected chi connectivity index (χ1v) is 11.3. The Morgan fingerprint density at radius 2 is 1.85 bits per heavy atom. The normalized spacial score (nSPS) is 22.3. The van der Waals surface area contributed by atoms with Crippen molar-refractivity contribution >= 4 is 18.0 Å². The van der Waals surface area contributed by atoms with Crippen molar-refractivity contribution in [1.29, 1.82) is 0 Å². The van der Waals surface area contributed by atoms with Gasteiger partial charge in [0.2, 0.25) is 0 Å². The summed E-state index contributed by atoms with van der Waals surface area (Å²) in [6, 6.07) is 12.3. The lowest BCUT2D eigenvalue weighted by Gasteiger charge is -2.41. The van der Waals surface area contributed by atoms with Crippen LogP contribution in [0.25, 0.3) is 0 Å². The maximum atomic E-state index is 13.1. The maximum Gasteiger partial charge on any atom is 0.303 e. The van der Waals surface area contributed by atoms with Gasteiger partial charge in [0.15, 0.2) is 11.5 Å². The number of carboxylic acids is 1. The summed E-state index contributed by atoms with van der Waals surface area (Å²) in [5.41, 5.74) is 7.69. The van der Waals surface area contributed by atoms with Crippen LogP contribution >= 0.6 is 0 Å². The van der Waals surface area contributed by atoms with E-state index in [2.05, 4.69) is 5.10 Å². The van der Waals surface area contributed by atoms with Crippen LogP contribution in [0.4, 0.5) is 0 Å². The molecule has 0 spiro atoms. The van der Waals surface area contributed by atoms with Crippen molar-refractivity contribution in [2.24, 2.45) is 16.8 Å². The van der Waals surface area contributed by atoms with E-state index >= 15 is 0 Å². The van der Waals surface area contributed by atoms with Crippen molar-refractivity contribution in [1.82, 2.24) is 5.01 Å². The van der Waals surface area contributed by atoms with Crippen LogP contribution in [0.1, 0.15) is 39.9 Å². The number of nitrogens with two attached hydrogens (primary N) is 1. The van der Waals surface area contributed by atoms with Crippen LogP contribution in [0.15, 0.2) is 47.6 Å². The molecular weight excluding hydrogens is 438 g/mol. The Kier molecular flexibility index (Phi) is 7.26. The molecule has 0 bridgehead atoms. The second-order valence-electron chi connectivity index (χ2n) is 8.61. The predicted molar refractivity (Wildman–Crippen MR) is 125 cm³/mol. The Hall–Kier alpha value is -3.27. The third-order valence-corrected chi connectivity index (χ3v) is 6.23. The Morgan fingerprint density at radius 3 is 2.53 bits per heavy atom. The highest BCUT2D eigenvalue weighted by Gasteiger charge is 2.42. The molecular formula is C25H29N3O6. The number of aliphatic hydroxyl groups excluding tert-OH is 1. The molecule has 2 heterocycles. The van der Waals surface area contributed by atoms with Crippen molar-refractivity contribution in [3.63, 3.8) is 0 Å². The molecule has 2 atom stereocenters. The largest absolute Gasteiger partial charge is 0.481 e. The number of rotatable bonds is 8. The smallest absolute Gasteiger partial charge is 0.303 e. The fourth-order valence-electron chi connectivity index (χ4n) is 4.30. The third-order valence-electron chi connectivity index (χ3n) is 6.23. The van der Waals surface area contributed by atoms with E-state index in [1.165, 1.54) is 0 Å². The second-order valence-corrected chi connectivity index (χ2v) is 8.61. The van der Waals surface area contributed by atoms with E-state index < -0.39 is 17.6 Å². The van der Waals surface area contributed by atoms with E-state index in [9.17, 15) is 19.8 Å². The van der Waals surface area contributed by atoms with Gasteiger partial charge in [0.25, 0.3) is 0 Å². The SMILES string of the molecule is NC1(CCO)Oc2ccc(C(=O)c3ccc(C=NN4CCOCC4)cc3)cc2CC1CC(=O)O. The number of hydrazone groups is 1. The van der Waals surface area contributed by atoms with Crippen LogP contribution in [-0.4, -0.2) is 71.8 Å². The summed E-state index contributed by atoms with van der Waals surface area (Å²) < 4.78 is 11.2. The fraction of sp³-hybridized carbons (Fsp3) is 0.400. The van der Waals surface area contributed by atoms with Crippen LogP contribution in [0, 0.1) is 5.92 Å². The van der Waals surface area contributed by atoms with E-state index in [0.717, 1.165) is 24.2 Å². The number of carbonyl (C=O) groups is 2. The molecule has 4 rings (SSSR count). The van der Waals surface area contributed by atoms with Crippen molar-refractivity contribution in [2.75, 3.05) is 32.9 Å². The summed E-state index contributed by atoms with van der Waals surface area (Å²) >= 11 is 0. The standard InChI is InChI=1S/C25H29N3O6/c26-25(7-10-29)21(15-23(30)31)14-20-13-19(5-6-22(20)34-25)24(32)18-3-1-17(2-4-18)16-27-28-8-11-33-12-9-28/h1-6,13,16,21,29H,7-12,14-15,26H2,(H,30,31). The number of aliphatic carboxylic acids is 1. The van der Waals surface area contributed by atoms with Gasteiger partial charge in [-0.3, -0.25) is 20.3 Å². The lowest BCUT2D eigenvalue weighted by atomic mass is 9.81. The Balaban J connectivity index is 1.49. The minimum Gasteiger partial charge on any atom is -0.481 e. The van der Waals surface area contributed by atoms with Crippen LogP contribution in [-0.2, 0) is 16.0 Å². The van der Waals surface area contributed by atoms with E-state index in [-0.39, 0.29) is 25.2 Å². The summed E-state index contributed by atoms with van der Waals surface area (Å²) in [5, 5.41) is 25.1. The zero-order valence-corrected chi connectivity index (χ0v) is 18.9. The molecule has 2 aliphatic rings. The number of nitrogens with zero attached hydrogens (tertiary/aromatic N) is 2. The molecule has 0 amide bonds. The molecule has 1 saturated heterocycles. The molecule has 0 radical (unpaired) electrons. The minimum absolute atomic E-state index is 0.117. The maximum absolute atomic E-state index is 13.1. The van der Waals surface area contributed by atoms with Crippen LogP contribution in [0.3, 0.4) is 0 Å². The van der Waals surface area contributed by atoms with Gasteiger partial charge in [-0.05, 0) is 35.7 Å². The van der Waals surface area contributed by atoms with Crippen molar-refractivity contribution in [2.45, 2.75) is 25.0 Å². The molecule has 2 unspecified atom stereocenters. The highest BCUT2D eigenvalue weighted by atomic mass is 16.5. The lowest BCUT2D eigenvalue weighted by Crippen LogP contribution is -2.56. The Bertz CT molecular complexity index is 1060. The monoisotopic (exact) mass is 467 g/mol. The van der Waals surface area contributed by atoms with Gasteiger partial charge in [0.1, 0.15) is 5.75 Å². The number of ketones is 1. The number of fused-ring (bicyclic) bond motifs is 1. The van der Waals surface area contributed by atoms with Gasteiger partial charge in [-0.2, -0.15) is 5.10 Å².